The number of benzene rings is 4. The zero-order chi connectivity index (χ0) is 43.5. The van der Waals surface area contributed by atoms with E-state index in [-0.39, 0.29) is 29.1 Å². The van der Waals surface area contributed by atoms with Gasteiger partial charge in [0.15, 0.2) is 0 Å². The highest BCUT2D eigenvalue weighted by molar-refractivity contribution is 7.80. The monoisotopic (exact) mass is 825 g/mol. The molecule has 4 aromatic carbocycles. The van der Waals surface area contributed by atoms with E-state index >= 15 is 0 Å². The predicted octanol–water partition coefficient (Wildman–Crippen LogP) is 5.28. The Morgan fingerprint density at radius 1 is 0.678 bits per heavy atom. The molecule has 0 saturated carbocycles. The molecule has 59 heavy (non-hydrogen) atoms. The summed E-state index contributed by atoms with van der Waals surface area (Å²) in [5, 5.41) is 12.4. The maximum absolute atomic E-state index is 13.9. The standard InChI is InChI=1S/C44H51N5O9S/c1-43(2,3)57-36(50)25-34(40(53)48-35(41(54)56-7)24-29-14-10-13-27-12-8-9-17-32(27)29)47-38(51)30-15-11-16-31(23-30)46-39(52)33(49-42(55)58-44(4,5)6)22-26-18-20-28(21-19-26)37(45)59/h8-21,23,33-35H,22,24-25H2,1-7H3,(H2,45,59)(H,46,52)(H,47,51)(H,48,53)(H,49,55)/t33?,34-,35-/m0/s1. The maximum atomic E-state index is 13.9. The molecule has 312 valence electrons. The number of hydrogen-bond donors (Lipinski definition) is 5. The quantitative estimate of drug-likeness (QED) is 0.0593. The third-order valence-corrected chi connectivity index (χ3v) is 8.83. The summed E-state index contributed by atoms with van der Waals surface area (Å²) in [5.41, 5.74) is 6.30. The molecule has 0 aromatic heterocycles. The average molecular weight is 826 g/mol. The Hall–Kier alpha value is -6.35. The van der Waals surface area contributed by atoms with Crippen LogP contribution in [0.5, 0.6) is 0 Å². The predicted molar refractivity (Wildman–Crippen MR) is 228 cm³/mol. The molecule has 0 fully saturated rings. The van der Waals surface area contributed by atoms with Crippen LogP contribution >= 0.6 is 12.2 Å². The highest BCUT2D eigenvalue weighted by Gasteiger charge is 2.32. The van der Waals surface area contributed by atoms with Gasteiger partial charge >= 0.3 is 18.0 Å². The molecule has 0 saturated heterocycles. The maximum Gasteiger partial charge on any atom is 0.408 e. The lowest BCUT2D eigenvalue weighted by Crippen LogP contribution is -2.53. The third-order valence-electron chi connectivity index (χ3n) is 8.60. The molecular formula is C44H51N5O9S. The lowest BCUT2D eigenvalue weighted by Gasteiger charge is -2.24. The number of hydrogen-bond acceptors (Lipinski definition) is 10. The second-order valence-corrected chi connectivity index (χ2v) is 16.2. The SMILES string of the molecule is COC(=O)[C@H](Cc1cccc2ccccc12)NC(=O)[C@H](CC(=O)OC(C)(C)C)NC(=O)c1cccc(NC(=O)C(Cc2ccc(C(N)=S)cc2)NC(=O)OC(C)(C)C)c1. The zero-order valence-corrected chi connectivity index (χ0v) is 35.0. The molecule has 0 aliphatic heterocycles. The number of ether oxygens (including phenoxy) is 3. The number of amides is 4. The lowest BCUT2D eigenvalue weighted by molar-refractivity contribution is -0.156. The number of fused-ring (bicyclic) bond motifs is 1. The first-order valence-electron chi connectivity index (χ1n) is 18.9. The van der Waals surface area contributed by atoms with Crippen molar-refractivity contribution >= 4 is 69.4 Å². The molecule has 0 aliphatic rings. The topological polar surface area (TPSA) is 204 Å². The summed E-state index contributed by atoms with van der Waals surface area (Å²) in [4.78, 5) is 80.4. The Bertz CT molecular complexity index is 2190. The Labute approximate surface area is 348 Å². The number of nitrogens with one attached hydrogen (secondary N) is 4. The first-order valence-corrected chi connectivity index (χ1v) is 19.3. The molecule has 4 aromatic rings. The van der Waals surface area contributed by atoms with Crippen LogP contribution < -0.4 is 27.0 Å². The van der Waals surface area contributed by atoms with Gasteiger partial charge in [0, 0.05) is 29.7 Å². The summed E-state index contributed by atoms with van der Waals surface area (Å²) in [6.45, 7) is 10.1. The van der Waals surface area contributed by atoms with Crippen LogP contribution in [0.15, 0.2) is 91.0 Å². The second-order valence-electron chi connectivity index (χ2n) is 15.8. The molecule has 3 atom stereocenters. The van der Waals surface area contributed by atoms with E-state index in [9.17, 15) is 28.8 Å². The van der Waals surface area contributed by atoms with E-state index in [4.69, 9.17) is 32.2 Å². The summed E-state index contributed by atoms with van der Waals surface area (Å²) < 4.78 is 15.9. The van der Waals surface area contributed by atoms with Crippen LogP contribution in [-0.2, 0) is 46.2 Å². The molecular weight excluding hydrogens is 775 g/mol. The molecule has 0 radical (unpaired) electrons. The van der Waals surface area contributed by atoms with E-state index in [1.54, 1.807) is 65.8 Å². The van der Waals surface area contributed by atoms with Crippen molar-refractivity contribution in [3.8, 4) is 0 Å². The van der Waals surface area contributed by atoms with Crippen LogP contribution in [0.25, 0.3) is 10.8 Å². The molecule has 0 spiro atoms. The third kappa shape index (κ3) is 14.2. The van der Waals surface area contributed by atoms with Crippen LogP contribution in [0.3, 0.4) is 0 Å². The van der Waals surface area contributed by atoms with Gasteiger partial charge < -0.3 is 41.2 Å². The number of nitrogens with two attached hydrogens (primary N) is 1. The lowest BCUT2D eigenvalue weighted by atomic mass is 9.98. The van der Waals surface area contributed by atoms with Gasteiger partial charge in [-0.3, -0.25) is 19.2 Å². The molecule has 0 heterocycles. The summed E-state index contributed by atoms with van der Waals surface area (Å²) >= 11 is 5.04. The molecule has 0 bridgehead atoms. The van der Waals surface area contributed by atoms with Crippen LogP contribution in [-0.4, -0.2) is 77.2 Å². The summed E-state index contributed by atoms with van der Waals surface area (Å²) in [7, 11) is 1.20. The van der Waals surface area contributed by atoms with Crippen LogP contribution in [0.4, 0.5) is 10.5 Å². The number of carbonyl (C=O) groups is 6. The Morgan fingerprint density at radius 2 is 1.32 bits per heavy atom. The van der Waals surface area contributed by atoms with E-state index in [1.165, 1.54) is 31.4 Å². The van der Waals surface area contributed by atoms with Crippen molar-refractivity contribution in [2.75, 3.05) is 12.4 Å². The van der Waals surface area contributed by atoms with Gasteiger partial charge in [-0.1, -0.05) is 85.0 Å². The number of carbonyl (C=O) groups excluding carboxylic acids is 6. The largest absolute Gasteiger partial charge is 0.467 e. The fraction of sp³-hybridized carbons (Fsp3) is 0.341. The second kappa shape index (κ2) is 19.9. The fourth-order valence-corrected chi connectivity index (χ4v) is 6.10. The van der Waals surface area contributed by atoms with Gasteiger partial charge in [0.05, 0.1) is 13.5 Å². The van der Waals surface area contributed by atoms with Crippen LogP contribution in [0, 0.1) is 0 Å². The Morgan fingerprint density at radius 3 is 1.97 bits per heavy atom. The molecule has 1 unspecified atom stereocenters. The van der Waals surface area contributed by atoms with E-state index in [0.717, 1.165) is 16.3 Å². The number of anilines is 1. The summed E-state index contributed by atoms with van der Waals surface area (Å²) in [6.07, 6.45) is -1.25. The van der Waals surface area contributed by atoms with Gasteiger partial charge in [0.1, 0.15) is 34.3 Å². The Kier molecular flexibility index (Phi) is 15.3. The van der Waals surface area contributed by atoms with E-state index in [2.05, 4.69) is 21.3 Å². The van der Waals surface area contributed by atoms with Gasteiger partial charge in [-0.05, 0) is 81.6 Å². The summed E-state index contributed by atoms with van der Waals surface area (Å²) in [5.74, 6) is -3.72. The normalized spacial score (nSPS) is 12.9. The van der Waals surface area contributed by atoms with Crippen molar-refractivity contribution in [3.05, 3.63) is 113 Å². The van der Waals surface area contributed by atoms with E-state index in [1.807, 2.05) is 42.5 Å². The molecule has 6 N–H and O–H groups in total. The van der Waals surface area contributed by atoms with E-state index < -0.39 is 71.5 Å². The molecule has 4 amide bonds. The fourth-order valence-electron chi connectivity index (χ4n) is 5.97. The highest BCUT2D eigenvalue weighted by atomic mass is 32.1. The van der Waals surface area contributed by atoms with Crippen LogP contribution in [0.1, 0.15) is 75.0 Å². The number of alkyl carbamates (subject to hydrolysis) is 1. The number of thiocarbonyl (C=S) groups is 1. The molecule has 14 nitrogen and oxygen atoms in total. The van der Waals surface area contributed by atoms with Crippen LogP contribution in [0.2, 0.25) is 0 Å². The summed E-state index contributed by atoms with van der Waals surface area (Å²) in [6, 6.07) is 22.2. The molecule has 4 rings (SSSR count). The minimum atomic E-state index is -1.49. The number of esters is 2. The number of methoxy groups -OCH3 is 1. The van der Waals surface area contributed by atoms with Gasteiger partial charge in [0.2, 0.25) is 11.8 Å². The first kappa shape index (κ1) is 45.4. The number of rotatable bonds is 15. The van der Waals surface area contributed by atoms with Crippen molar-refractivity contribution < 1.29 is 43.0 Å². The highest BCUT2D eigenvalue weighted by Crippen LogP contribution is 2.21. The first-order chi connectivity index (χ1) is 27.7. The minimum absolute atomic E-state index is 0.0232. The van der Waals surface area contributed by atoms with Gasteiger partial charge in [-0.2, -0.15) is 0 Å². The van der Waals surface area contributed by atoms with E-state index in [0.29, 0.717) is 11.1 Å². The Balaban J connectivity index is 1.56. The van der Waals surface area contributed by atoms with Crippen molar-refractivity contribution in [1.29, 1.82) is 0 Å². The average Bonchev–Trinajstić information content (AvgIpc) is 3.15. The van der Waals surface area contributed by atoms with Crippen molar-refractivity contribution in [2.24, 2.45) is 5.73 Å². The smallest absolute Gasteiger partial charge is 0.408 e. The van der Waals surface area contributed by atoms with Crippen molar-refractivity contribution in [2.45, 2.75) is 90.1 Å². The van der Waals surface area contributed by atoms with Gasteiger partial charge in [-0.25, -0.2) is 9.59 Å². The van der Waals surface area contributed by atoms with Gasteiger partial charge in [-0.15, -0.1) is 0 Å². The van der Waals surface area contributed by atoms with Gasteiger partial charge in [0.25, 0.3) is 5.91 Å². The molecule has 15 heteroatoms. The minimum Gasteiger partial charge on any atom is -0.467 e. The van der Waals surface area contributed by atoms with Crippen molar-refractivity contribution in [1.82, 2.24) is 16.0 Å². The molecule has 0 aliphatic carbocycles. The van der Waals surface area contributed by atoms with Crippen molar-refractivity contribution in [3.63, 3.8) is 0 Å². The zero-order valence-electron chi connectivity index (χ0n) is 34.2.